The number of carboxylic acids is 1. The van der Waals surface area contributed by atoms with E-state index < -0.39 is 23.0 Å². The molecule has 152 valence electrons. The van der Waals surface area contributed by atoms with Gasteiger partial charge in [0, 0.05) is 24.2 Å². The van der Waals surface area contributed by atoms with Crippen LogP contribution in [0.15, 0.2) is 48.5 Å². The van der Waals surface area contributed by atoms with Gasteiger partial charge in [-0.1, -0.05) is 41.9 Å². The topological polar surface area (TPSA) is 113 Å². The number of carbonyl (C=O) groups excluding carboxylic acids is 1. The second-order valence-electron chi connectivity index (χ2n) is 6.42. The Labute approximate surface area is 171 Å². The van der Waals surface area contributed by atoms with Crippen LogP contribution >= 0.6 is 11.6 Å². The summed E-state index contributed by atoms with van der Waals surface area (Å²) in [6, 6.07) is 11.9. The lowest BCUT2D eigenvalue weighted by molar-refractivity contribution is -0.384. The number of hydrogen-bond donors (Lipinski definition) is 1. The number of ether oxygens (including phenoxy) is 1. The predicted molar refractivity (Wildman–Crippen MR) is 105 cm³/mol. The average Bonchev–Trinajstić information content (AvgIpc) is 2.72. The quantitative estimate of drug-likeness (QED) is 0.584. The Balaban J connectivity index is 1.75. The molecule has 10 heteroatoms. The number of rotatable bonds is 5. The number of amides is 1. The van der Waals surface area contributed by atoms with Crippen LogP contribution in [0.25, 0.3) is 0 Å². The summed E-state index contributed by atoms with van der Waals surface area (Å²) < 4.78 is 5.26. The lowest BCUT2D eigenvalue weighted by Crippen LogP contribution is -2.58. The lowest BCUT2D eigenvalue weighted by atomic mass is 10.1. The normalized spacial score (nSPS) is 16.4. The van der Waals surface area contributed by atoms with Crippen molar-refractivity contribution in [1.29, 1.82) is 0 Å². The molecule has 1 fully saturated rings. The lowest BCUT2D eigenvalue weighted by Gasteiger charge is -2.39. The molecule has 0 aliphatic carbocycles. The molecule has 2 aromatic rings. The third-order valence-electron chi connectivity index (χ3n) is 4.57. The highest BCUT2D eigenvalue weighted by atomic mass is 35.5. The summed E-state index contributed by atoms with van der Waals surface area (Å²) in [5, 5.41) is 21.3. The molecule has 1 amide bonds. The summed E-state index contributed by atoms with van der Waals surface area (Å²) in [6.07, 6.45) is -0.639. The van der Waals surface area contributed by atoms with Crippen molar-refractivity contribution in [3.05, 3.63) is 69.2 Å². The Morgan fingerprint density at radius 2 is 1.93 bits per heavy atom. The van der Waals surface area contributed by atoms with E-state index in [1.165, 1.54) is 28.0 Å². The molecule has 9 nitrogen and oxygen atoms in total. The number of aliphatic carboxylic acids is 1. The smallest absolute Gasteiger partial charge is 0.410 e. The molecular weight excluding hydrogens is 402 g/mol. The minimum atomic E-state index is -1.21. The first kappa shape index (κ1) is 20.4. The largest absolute Gasteiger partial charge is 0.480 e. The van der Waals surface area contributed by atoms with Gasteiger partial charge in [-0.2, -0.15) is 0 Å². The third-order valence-corrected chi connectivity index (χ3v) is 4.81. The minimum absolute atomic E-state index is 0.0669. The number of benzene rings is 2. The molecule has 1 heterocycles. The summed E-state index contributed by atoms with van der Waals surface area (Å²) in [5.41, 5.74) is 0.664. The first-order valence-corrected chi connectivity index (χ1v) is 9.13. The molecule has 0 saturated carbocycles. The average molecular weight is 420 g/mol. The number of carboxylic acid groups (broad SMARTS) is 1. The second kappa shape index (κ2) is 8.78. The predicted octanol–water partition coefficient (Wildman–Crippen LogP) is 3.16. The number of halogens is 1. The number of piperazine rings is 1. The minimum Gasteiger partial charge on any atom is -0.480 e. The van der Waals surface area contributed by atoms with Crippen LogP contribution in [0, 0.1) is 10.1 Å². The van der Waals surface area contributed by atoms with Crippen molar-refractivity contribution in [1.82, 2.24) is 4.90 Å². The maximum atomic E-state index is 12.4. The number of nitro groups is 1. The summed E-state index contributed by atoms with van der Waals surface area (Å²) in [5.74, 6) is -1.21. The highest BCUT2D eigenvalue weighted by Gasteiger charge is 2.37. The number of nitrogens with zero attached hydrogens (tertiary/aromatic N) is 3. The Kier molecular flexibility index (Phi) is 6.18. The summed E-state index contributed by atoms with van der Waals surface area (Å²) in [4.78, 5) is 37.6. The highest BCUT2D eigenvalue weighted by Crippen LogP contribution is 2.33. The summed E-state index contributed by atoms with van der Waals surface area (Å²) in [6.45, 7) is 0.129. The number of anilines is 1. The SMILES string of the molecule is O=C(O)[C@H]1CN(C(=O)OCc2ccccc2)CCN1c1cc(Cl)ccc1[N+](=O)[O-]. The Hall–Kier alpha value is -3.33. The van der Waals surface area contributed by atoms with Gasteiger partial charge < -0.3 is 19.6 Å². The van der Waals surface area contributed by atoms with Gasteiger partial charge in [-0.15, -0.1) is 0 Å². The van der Waals surface area contributed by atoms with Crippen LogP contribution in [0.3, 0.4) is 0 Å². The molecule has 3 rings (SSSR count). The van der Waals surface area contributed by atoms with E-state index in [4.69, 9.17) is 16.3 Å². The van der Waals surface area contributed by atoms with Crippen molar-refractivity contribution in [2.75, 3.05) is 24.5 Å². The van der Waals surface area contributed by atoms with Gasteiger partial charge in [-0.3, -0.25) is 10.1 Å². The van der Waals surface area contributed by atoms with Gasteiger partial charge in [-0.05, 0) is 17.7 Å². The Bertz CT molecular complexity index is 923. The molecule has 1 N–H and O–H groups in total. The van der Waals surface area contributed by atoms with Gasteiger partial charge in [0.05, 0.1) is 11.5 Å². The molecule has 2 aromatic carbocycles. The van der Waals surface area contributed by atoms with Gasteiger partial charge in [0.25, 0.3) is 5.69 Å². The Morgan fingerprint density at radius 1 is 1.21 bits per heavy atom. The Morgan fingerprint density at radius 3 is 2.59 bits per heavy atom. The summed E-state index contributed by atoms with van der Waals surface area (Å²) in [7, 11) is 0. The van der Waals surface area contributed by atoms with E-state index >= 15 is 0 Å². The zero-order valence-corrected chi connectivity index (χ0v) is 16.0. The van der Waals surface area contributed by atoms with Crippen LogP contribution < -0.4 is 4.90 Å². The van der Waals surface area contributed by atoms with E-state index in [-0.39, 0.29) is 42.6 Å². The maximum Gasteiger partial charge on any atom is 0.410 e. The molecule has 1 aliphatic rings. The molecule has 29 heavy (non-hydrogen) atoms. The first-order chi connectivity index (χ1) is 13.9. The zero-order valence-electron chi connectivity index (χ0n) is 15.2. The molecule has 1 aliphatic heterocycles. The molecule has 1 saturated heterocycles. The van der Waals surface area contributed by atoms with Crippen molar-refractivity contribution in [2.45, 2.75) is 12.6 Å². The summed E-state index contributed by atoms with van der Waals surface area (Å²) >= 11 is 5.97. The first-order valence-electron chi connectivity index (χ1n) is 8.76. The van der Waals surface area contributed by atoms with Crippen molar-refractivity contribution in [3.8, 4) is 0 Å². The molecule has 0 unspecified atom stereocenters. The van der Waals surface area contributed by atoms with E-state index in [2.05, 4.69) is 0 Å². The van der Waals surface area contributed by atoms with E-state index in [1.54, 1.807) is 0 Å². The third kappa shape index (κ3) is 4.75. The monoisotopic (exact) mass is 419 g/mol. The van der Waals surface area contributed by atoms with Gasteiger partial charge >= 0.3 is 12.1 Å². The fraction of sp³-hybridized carbons (Fsp3) is 0.263. The van der Waals surface area contributed by atoms with Crippen LogP contribution in [-0.4, -0.2) is 52.7 Å². The standard InChI is InChI=1S/C19H18ClN3O6/c20-14-6-7-15(23(27)28)16(10-14)22-9-8-21(11-17(22)18(24)25)19(26)29-12-13-4-2-1-3-5-13/h1-7,10,17H,8-9,11-12H2,(H,24,25)/t17-/m1/s1. The van der Waals surface area contributed by atoms with Crippen LogP contribution in [0.5, 0.6) is 0 Å². The second-order valence-corrected chi connectivity index (χ2v) is 6.86. The van der Waals surface area contributed by atoms with Crippen molar-refractivity contribution < 1.29 is 24.4 Å². The molecule has 1 atom stereocenters. The molecule has 0 radical (unpaired) electrons. The van der Waals surface area contributed by atoms with E-state index in [0.717, 1.165) is 5.56 Å². The maximum absolute atomic E-state index is 12.4. The van der Waals surface area contributed by atoms with Crippen LogP contribution in [0.4, 0.5) is 16.2 Å². The van der Waals surface area contributed by atoms with Gasteiger partial charge in [0.1, 0.15) is 18.3 Å². The van der Waals surface area contributed by atoms with Gasteiger partial charge in [0.15, 0.2) is 0 Å². The number of hydrogen-bond acceptors (Lipinski definition) is 6. The van der Waals surface area contributed by atoms with Crippen LogP contribution in [0.2, 0.25) is 5.02 Å². The van der Waals surface area contributed by atoms with E-state index in [9.17, 15) is 24.8 Å². The number of nitro benzene ring substituents is 1. The van der Waals surface area contributed by atoms with Crippen molar-refractivity contribution in [2.24, 2.45) is 0 Å². The van der Waals surface area contributed by atoms with Crippen molar-refractivity contribution >= 4 is 35.0 Å². The number of carbonyl (C=O) groups is 2. The van der Waals surface area contributed by atoms with E-state index in [0.29, 0.717) is 0 Å². The zero-order chi connectivity index (χ0) is 21.0. The van der Waals surface area contributed by atoms with E-state index in [1.807, 2.05) is 30.3 Å². The van der Waals surface area contributed by atoms with Crippen LogP contribution in [0.1, 0.15) is 5.56 Å². The molecule has 0 aromatic heterocycles. The molecule has 0 spiro atoms. The molecular formula is C19H18ClN3O6. The molecule has 0 bridgehead atoms. The van der Waals surface area contributed by atoms with Crippen molar-refractivity contribution in [3.63, 3.8) is 0 Å². The highest BCUT2D eigenvalue weighted by molar-refractivity contribution is 6.31. The fourth-order valence-corrected chi connectivity index (χ4v) is 3.31. The fourth-order valence-electron chi connectivity index (χ4n) is 3.14. The van der Waals surface area contributed by atoms with Crippen LogP contribution in [-0.2, 0) is 16.1 Å². The van der Waals surface area contributed by atoms with Gasteiger partial charge in [0.2, 0.25) is 0 Å². The van der Waals surface area contributed by atoms with Gasteiger partial charge in [-0.25, -0.2) is 9.59 Å².